The largest absolute Gasteiger partial charge is 0.494 e. The first-order chi connectivity index (χ1) is 48.4. The molecule has 2 aromatic heterocycles. The van der Waals surface area contributed by atoms with Gasteiger partial charge in [0.05, 0.1) is 61.6 Å². The third kappa shape index (κ3) is 20.4. The number of furan rings is 2. The summed E-state index contributed by atoms with van der Waals surface area (Å²) >= 11 is 0. The summed E-state index contributed by atoms with van der Waals surface area (Å²) in [6, 6.07) is 26.0. The highest BCUT2D eigenvalue weighted by Gasteiger charge is 2.36. The molecule has 2 aliphatic heterocycles. The van der Waals surface area contributed by atoms with Gasteiger partial charge in [0.1, 0.15) is 34.5 Å². The van der Waals surface area contributed by atoms with Crippen LogP contribution in [0.2, 0.25) is 0 Å². The van der Waals surface area contributed by atoms with Crippen LogP contribution in [-0.2, 0) is 43.0 Å². The van der Waals surface area contributed by atoms with Gasteiger partial charge in [0.15, 0.2) is 11.5 Å². The Hall–Kier alpha value is -10.4. The number of hydrogen-bond acceptors (Lipinski definition) is 19. The molecule has 28 heteroatoms. The third-order valence-corrected chi connectivity index (χ3v) is 17.7. The molecular formula is C72H87N8O19P. The summed E-state index contributed by atoms with van der Waals surface area (Å²) in [4.78, 5) is 145. The van der Waals surface area contributed by atoms with Crippen molar-refractivity contribution in [3.05, 3.63) is 132 Å². The monoisotopic (exact) mass is 1400 g/mol. The Morgan fingerprint density at radius 2 is 0.910 bits per heavy atom. The highest BCUT2D eigenvalue weighted by Crippen LogP contribution is 2.40. The molecule has 0 bridgehead atoms. The molecule has 8 rings (SSSR count). The van der Waals surface area contributed by atoms with Crippen LogP contribution in [-0.4, -0.2) is 122 Å². The standard InChI is InChI=1S/C72H87N8O19P/c1-7-13-15-19-57(59(9-3)79(45-81)96-71(89)47-23-27-51(28-24-47)77-35-17-21-65(77)83)67(85)73-43-75-69(87)63-33-31-61(94-63)49-37-53(92-11-5)41-55(39-49)98-100(91)99-56-40-50(38-54(42-56)93-12-6)62-32-34-64(95-62)70(88)76-44-74-68(86)58(20-16-14-8-2)60(10-4)80(46-82)97-72(90)48-25-29-52(30-26-48)78-36-18-22-66(78)84/h23-34,37-42,45-46,57-60,100H,7-22,35-36,43-44H2,1-6H3,(H,73,85)(H,74,86)(H,75,87)(H,76,88)/t57-,58-,59-,60-/m1/s1. The van der Waals surface area contributed by atoms with Gasteiger partial charge in [-0.05, 0) is 149 Å². The van der Waals surface area contributed by atoms with Crippen LogP contribution in [0.25, 0.3) is 22.6 Å². The molecule has 8 amide bonds. The molecule has 2 aliphatic rings. The molecule has 100 heavy (non-hydrogen) atoms. The SMILES string of the molecule is CCCCC[C@@H](C(=O)NCNC(=O)c1ccc(-c2cc(OCC)cc(O[PH](=O)Oc3cc(OCC)cc(-c4ccc(C(=O)NCNC(=O)[C@H](CCCCC)[C@@H](CC)N(C=O)OC(=O)c5ccc(N6CCCC6=O)cc5)o4)c3)c2)o1)[C@@H](CC)N(C=O)OC(=O)c1ccc(N2CCCC2=O)cc1. The molecule has 0 aliphatic carbocycles. The number of ether oxygens (including phenoxy) is 2. The van der Waals surface area contributed by atoms with Gasteiger partial charge in [0, 0.05) is 60.6 Å². The van der Waals surface area contributed by atoms with Crippen molar-refractivity contribution < 1.29 is 89.5 Å². The molecule has 0 spiro atoms. The van der Waals surface area contributed by atoms with Gasteiger partial charge in [-0.1, -0.05) is 66.2 Å². The van der Waals surface area contributed by atoms with Crippen LogP contribution in [0.1, 0.15) is 173 Å². The second-order valence-electron chi connectivity index (χ2n) is 23.7. The lowest BCUT2D eigenvalue weighted by Gasteiger charge is -2.31. The maximum atomic E-state index is 13.9. The summed E-state index contributed by atoms with van der Waals surface area (Å²) in [6.07, 6.45) is 8.83. The topological polar surface area (TPSA) is 331 Å². The molecular weight excluding hydrogens is 1310 g/mol. The Morgan fingerprint density at radius 3 is 1.25 bits per heavy atom. The maximum Gasteiger partial charge on any atom is 0.418 e. The molecule has 2 fully saturated rings. The van der Waals surface area contributed by atoms with Gasteiger partial charge in [0.25, 0.3) is 11.8 Å². The van der Waals surface area contributed by atoms with Crippen LogP contribution < -0.4 is 49.6 Å². The van der Waals surface area contributed by atoms with Gasteiger partial charge < -0.3 is 68.1 Å². The van der Waals surface area contributed by atoms with Gasteiger partial charge in [0.2, 0.25) is 36.4 Å². The predicted molar refractivity (Wildman–Crippen MR) is 368 cm³/mol. The van der Waals surface area contributed by atoms with Crippen LogP contribution >= 0.6 is 8.25 Å². The van der Waals surface area contributed by atoms with Gasteiger partial charge in [-0.15, -0.1) is 0 Å². The molecule has 534 valence electrons. The molecule has 0 radical (unpaired) electrons. The molecule has 4 atom stereocenters. The van der Waals surface area contributed by atoms with Crippen molar-refractivity contribution in [3.8, 4) is 45.6 Å². The summed E-state index contributed by atoms with van der Waals surface area (Å²) in [6.45, 7) is 12.1. The van der Waals surface area contributed by atoms with E-state index in [9.17, 15) is 52.5 Å². The molecule has 4 heterocycles. The number of unbranched alkanes of at least 4 members (excludes halogenated alkanes) is 4. The van der Waals surface area contributed by atoms with E-state index in [4.69, 9.17) is 37.0 Å². The highest BCUT2D eigenvalue weighted by molar-refractivity contribution is 7.34. The normalized spacial score (nSPS) is 13.9. The zero-order chi connectivity index (χ0) is 71.7. The Bertz CT molecular complexity index is 3600. The van der Waals surface area contributed by atoms with Gasteiger partial charge >= 0.3 is 20.2 Å². The molecule has 6 aromatic rings. The Morgan fingerprint density at radius 1 is 0.520 bits per heavy atom. The third-order valence-electron chi connectivity index (χ3n) is 16.9. The number of benzene rings is 4. The molecule has 0 saturated carbocycles. The number of hydrogen-bond donors (Lipinski definition) is 4. The van der Waals surface area contributed by atoms with E-state index < -0.39 is 67.7 Å². The summed E-state index contributed by atoms with van der Waals surface area (Å²) in [5.41, 5.74) is 2.31. The van der Waals surface area contributed by atoms with Crippen LogP contribution in [0.5, 0.6) is 23.0 Å². The molecule has 0 unspecified atom stereocenters. The van der Waals surface area contributed by atoms with E-state index >= 15 is 0 Å². The van der Waals surface area contributed by atoms with Crippen molar-refractivity contribution in [1.29, 1.82) is 0 Å². The van der Waals surface area contributed by atoms with E-state index in [1.165, 1.54) is 72.8 Å². The van der Waals surface area contributed by atoms with E-state index in [0.29, 0.717) is 98.4 Å². The van der Waals surface area contributed by atoms with Gasteiger partial charge in [-0.25, -0.2) is 14.2 Å². The Labute approximate surface area is 580 Å². The first kappa shape index (κ1) is 75.3. The number of nitrogens with one attached hydrogen (secondary N) is 4. The predicted octanol–water partition coefficient (Wildman–Crippen LogP) is 11.1. The molecule has 4 N–H and O–H groups in total. The highest BCUT2D eigenvalue weighted by atomic mass is 31.1. The second kappa shape index (κ2) is 37.5. The lowest BCUT2D eigenvalue weighted by Crippen LogP contribution is -2.49. The van der Waals surface area contributed by atoms with Gasteiger partial charge in [-0.2, -0.15) is 10.1 Å². The fraction of sp³-hybridized carbons (Fsp3) is 0.417. The number of amides is 8. The van der Waals surface area contributed by atoms with E-state index in [1.807, 2.05) is 13.8 Å². The number of rotatable bonds is 40. The zero-order valence-corrected chi connectivity index (χ0v) is 58.0. The Kier molecular flexibility index (Phi) is 28.3. The minimum Gasteiger partial charge on any atom is -0.494 e. The fourth-order valence-electron chi connectivity index (χ4n) is 11.9. The molecule has 4 aromatic carbocycles. The average molecular weight is 1400 g/mol. The fourth-order valence-corrected chi connectivity index (χ4v) is 12.5. The maximum absolute atomic E-state index is 13.9. The Balaban J connectivity index is 0.857. The first-order valence-electron chi connectivity index (χ1n) is 33.9. The lowest BCUT2D eigenvalue weighted by molar-refractivity contribution is -0.171. The van der Waals surface area contributed by atoms with Crippen LogP contribution in [0.3, 0.4) is 0 Å². The van der Waals surface area contributed by atoms with E-state index in [1.54, 1.807) is 73.9 Å². The summed E-state index contributed by atoms with van der Waals surface area (Å²) in [7, 11) is -3.42. The van der Waals surface area contributed by atoms with Crippen molar-refractivity contribution in [2.24, 2.45) is 11.8 Å². The van der Waals surface area contributed by atoms with Crippen LogP contribution in [0.15, 0.2) is 118 Å². The van der Waals surface area contributed by atoms with Crippen molar-refractivity contribution in [2.45, 2.75) is 144 Å². The second-order valence-corrected chi connectivity index (χ2v) is 24.6. The number of hydroxylamine groups is 4. The van der Waals surface area contributed by atoms with E-state index in [-0.39, 0.29) is 96.9 Å². The van der Waals surface area contributed by atoms with Crippen LogP contribution in [0, 0.1) is 11.8 Å². The van der Waals surface area contributed by atoms with Crippen molar-refractivity contribution >= 4 is 79.8 Å². The molecule has 27 nitrogen and oxygen atoms in total. The summed E-state index contributed by atoms with van der Waals surface area (Å²) in [5, 5.41) is 12.4. The molecule has 2 saturated heterocycles. The minimum absolute atomic E-state index is 0.00707. The number of carbonyl (C=O) groups excluding carboxylic acids is 10. The number of anilines is 2. The first-order valence-corrected chi connectivity index (χ1v) is 35.2. The minimum atomic E-state index is -3.42. The quantitative estimate of drug-likeness (QED) is 0.00913. The number of nitrogens with zero attached hydrogens (tertiary/aromatic N) is 4. The van der Waals surface area contributed by atoms with E-state index in [0.717, 1.165) is 48.7 Å². The number of carbonyl (C=O) groups is 10. The van der Waals surface area contributed by atoms with Crippen molar-refractivity contribution in [2.75, 3.05) is 49.4 Å². The summed E-state index contributed by atoms with van der Waals surface area (Å²) < 4.78 is 49.0. The average Bonchev–Trinajstić information content (AvgIpc) is 1.51. The van der Waals surface area contributed by atoms with Crippen molar-refractivity contribution in [3.63, 3.8) is 0 Å². The smallest absolute Gasteiger partial charge is 0.418 e. The lowest BCUT2D eigenvalue weighted by atomic mass is 9.90. The van der Waals surface area contributed by atoms with Crippen LogP contribution in [0.4, 0.5) is 11.4 Å². The van der Waals surface area contributed by atoms with Crippen molar-refractivity contribution in [1.82, 2.24) is 31.4 Å². The van der Waals surface area contributed by atoms with Gasteiger partial charge in [-0.3, -0.25) is 38.4 Å². The van der Waals surface area contributed by atoms with E-state index in [2.05, 4.69) is 21.3 Å². The zero-order valence-electron chi connectivity index (χ0n) is 57.0. The summed E-state index contributed by atoms with van der Waals surface area (Å²) in [5.74, 6) is -4.81.